The molecule has 0 spiro atoms. The minimum atomic E-state index is -3.90. The normalized spacial score (nSPS) is 21.1. The monoisotopic (exact) mass is 532 g/mol. The Bertz CT molecular complexity index is 1360. The number of fused-ring (bicyclic) bond motifs is 1. The number of thiophene rings is 1. The number of hydrogen-bond acceptors (Lipinski definition) is 6. The number of carbonyl (C=O) groups is 2. The number of halogens is 1. The van der Waals surface area contributed by atoms with E-state index in [9.17, 15) is 18.0 Å². The van der Waals surface area contributed by atoms with Crippen molar-refractivity contribution in [2.75, 3.05) is 19.6 Å². The molecule has 3 aromatic rings. The molecule has 184 valence electrons. The van der Waals surface area contributed by atoms with Gasteiger partial charge in [0.05, 0.1) is 12.6 Å². The van der Waals surface area contributed by atoms with Crippen molar-refractivity contribution in [1.29, 1.82) is 0 Å². The van der Waals surface area contributed by atoms with Gasteiger partial charge in [-0.3, -0.25) is 14.6 Å². The van der Waals surface area contributed by atoms with Crippen LogP contribution in [0.4, 0.5) is 0 Å². The lowest BCUT2D eigenvalue weighted by atomic mass is 10.1. The number of carbonyl (C=O) groups excluding carboxylic acids is 2. The van der Waals surface area contributed by atoms with E-state index in [-0.39, 0.29) is 28.6 Å². The number of rotatable bonds is 6. The number of amides is 2. The molecule has 2 saturated heterocycles. The summed E-state index contributed by atoms with van der Waals surface area (Å²) in [5.74, 6) is -0.496. The zero-order valence-corrected chi connectivity index (χ0v) is 21.3. The van der Waals surface area contributed by atoms with Crippen LogP contribution < -0.4 is 4.72 Å². The Hall–Kier alpha value is -2.53. The molecular formula is C24H25ClN4O4S2. The Labute approximate surface area is 212 Å². The summed E-state index contributed by atoms with van der Waals surface area (Å²) in [5, 5.41) is 1.30. The van der Waals surface area contributed by atoms with Gasteiger partial charge in [0.1, 0.15) is 10.3 Å². The summed E-state index contributed by atoms with van der Waals surface area (Å²) in [6, 6.07) is 9.64. The minimum Gasteiger partial charge on any atom is -0.334 e. The molecule has 2 atom stereocenters. The van der Waals surface area contributed by atoms with E-state index in [1.807, 2.05) is 12.1 Å². The summed E-state index contributed by atoms with van der Waals surface area (Å²) in [5.41, 5.74) is 0.985. The van der Waals surface area contributed by atoms with Crippen LogP contribution in [-0.2, 0) is 19.6 Å². The van der Waals surface area contributed by atoms with E-state index in [4.69, 9.17) is 11.6 Å². The lowest BCUT2D eigenvalue weighted by Crippen LogP contribution is -2.54. The zero-order valence-electron chi connectivity index (χ0n) is 18.9. The van der Waals surface area contributed by atoms with Gasteiger partial charge < -0.3 is 9.80 Å². The molecule has 11 heteroatoms. The maximum atomic E-state index is 13.2. The fourth-order valence-electron chi connectivity index (χ4n) is 4.80. The van der Waals surface area contributed by atoms with Crippen LogP contribution in [0.25, 0.3) is 10.1 Å². The smallest absolute Gasteiger partial charge is 0.250 e. The molecule has 0 radical (unpaired) electrons. The standard InChI is InChI=1S/C24H25ClN4O4S2/c25-18-8-7-16-12-23(34-21(16)13-18)35(32,33)27-19-5-2-10-28(24(19)31)15-22(30)29-11-3-6-20(29)17-4-1-9-26-14-17/h1,4,7-9,12-14,19-20,27H,2-3,5-6,10-11,15H2/t19-,20?/m0/s1. The van der Waals surface area contributed by atoms with Crippen LogP contribution in [0.15, 0.2) is 53.0 Å². The number of nitrogens with zero attached hydrogens (tertiary/aromatic N) is 3. The highest BCUT2D eigenvalue weighted by Gasteiger charge is 2.36. The highest BCUT2D eigenvalue weighted by Crippen LogP contribution is 2.33. The number of sulfonamides is 1. The van der Waals surface area contributed by atoms with E-state index in [2.05, 4.69) is 9.71 Å². The van der Waals surface area contributed by atoms with Crippen LogP contribution in [0.2, 0.25) is 5.02 Å². The maximum absolute atomic E-state index is 13.2. The number of hydrogen-bond donors (Lipinski definition) is 1. The Balaban J connectivity index is 1.27. The molecule has 1 unspecified atom stereocenters. The first-order chi connectivity index (χ1) is 16.8. The minimum absolute atomic E-state index is 0.0492. The predicted molar refractivity (Wildman–Crippen MR) is 135 cm³/mol. The topological polar surface area (TPSA) is 99.7 Å². The lowest BCUT2D eigenvalue weighted by Gasteiger charge is -2.34. The van der Waals surface area contributed by atoms with Gasteiger partial charge in [0.2, 0.25) is 11.8 Å². The van der Waals surface area contributed by atoms with Gasteiger partial charge in [0.15, 0.2) is 0 Å². The molecule has 2 amide bonds. The third-order valence-corrected chi connectivity index (χ3v) is 9.80. The van der Waals surface area contributed by atoms with E-state index < -0.39 is 16.1 Å². The fourth-order valence-corrected chi connectivity index (χ4v) is 7.72. The van der Waals surface area contributed by atoms with Gasteiger partial charge >= 0.3 is 0 Å². The zero-order chi connectivity index (χ0) is 24.6. The number of pyridine rings is 1. The molecule has 8 nitrogen and oxygen atoms in total. The second-order valence-corrected chi connectivity index (χ2v) is 12.3. The van der Waals surface area contributed by atoms with Crippen LogP contribution in [0.3, 0.4) is 0 Å². The molecule has 0 saturated carbocycles. The van der Waals surface area contributed by atoms with Crippen molar-refractivity contribution < 1.29 is 18.0 Å². The molecular weight excluding hydrogens is 508 g/mol. The summed E-state index contributed by atoms with van der Waals surface area (Å²) in [4.78, 5) is 33.7. The number of piperidine rings is 1. The maximum Gasteiger partial charge on any atom is 0.250 e. The predicted octanol–water partition coefficient (Wildman–Crippen LogP) is 3.58. The van der Waals surface area contributed by atoms with Crippen LogP contribution in [0, 0.1) is 0 Å². The quantitative estimate of drug-likeness (QED) is 0.523. The average Bonchev–Trinajstić information content (AvgIpc) is 3.50. The van der Waals surface area contributed by atoms with Gasteiger partial charge in [-0.2, -0.15) is 4.72 Å². The van der Waals surface area contributed by atoms with Crippen LogP contribution >= 0.6 is 22.9 Å². The number of nitrogens with one attached hydrogen (secondary N) is 1. The highest BCUT2D eigenvalue weighted by molar-refractivity contribution is 7.91. The van der Waals surface area contributed by atoms with Crippen LogP contribution in [-0.4, -0.2) is 60.7 Å². The summed E-state index contributed by atoms with van der Waals surface area (Å²) >= 11 is 7.13. The molecule has 2 fully saturated rings. The molecule has 5 rings (SSSR count). The molecule has 1 N–H and O–H groups in total. The van der Waals surface area contributed by atoms with E-state index in [1.54, 1.807) is 41.6 Å². The third kappa shape index (κ3) is 5.06. The van der Waals surface area contributed by atoms with Crippen LogP contribution in [0.5, 0.6) is 0 Å². The first-order valence-electron chi connectivity index (χ1n) is 11.5. The van der Waals surface area contributed by atoms with Crippen molar-refractivity contribution in [1.82, 2.24) is 19.5 Å². The van der Waals surface area contributed by atoms with Gasteiger partial charge in [-0.25, -0.2) is 8.42 Å². The van der Waals surface area contributed by atoms with Crippen molar-refractivity contribution in [2.24, 2.45) is 0 Å². The Morgan fingerprint density at radius 2 is 2.00 bits per heavy atom. The second kappa shape index (κ2) is 9.85. The van der Waals surface area contributed by atoms with E-state index in [0.717, 1.165) is 39.8 Å². The number of likely N-dealkylation sites (tertiary alicyclic amines) is 2. The van der Waals surface area contributed by atoms with Crippen molar-refractivity contribution in [3.05, 3.63) is 59.4 Å². The average molecular weight is 533 g/mol. The number of benzene rings is 1. The molecule has 35 heavy (non-hydrogen) atoms. The Kier molecular flexibility index (Phi) is 6.80. The molecule has 4 heterocycles. The van der Waals surface area contributed by atoms with Crippen molar-refractivity contribution in [2.45, 2.75) is 42.0 Å². The first kappa shape index (κ1) is 24.2. The molecule has 2 aliphatic rings. The van der Waals surface area contributed by atoms with Crippen molar-refractivity contribution in [3.8, 4) is 0 Å². The third-order valence-electron chi connectivity index (χ3n) is 6.52. The van der Waals surface area contributed by atoms with Gasteiger partial charge in [-0.05, 0) is 60.9 Å². The summed E-state index contributed by atoms with van der Waals surface area (Å²) in [6.45, 7) is 0.997. The highest BCUT2D eigenvalue weighted by atomic mass is 35.5. The molecule has 2 aliphatic heterocycles. The Morgan fingerprint density at radius 1 is 1.17 bits per heavy atom. The summed E-state index contributed by atoms with van der Waals surface area (Å²) in [7, 11) is -3.90. The first-order valence-corrected chi connectivity index (χ1v) is 14.2. The summed E-state index contributed by atoms with van der Waals surface area (Å²) < 4.78 is 29.6. The van der Waals surface area contributed by atoms with Gasteiger partial charge in [-0.15, -0.1) is 11.3 Å². The SMILES string of the molecule is O=C1[C@@H](NS(=O)(=O)c2cc3ccc(Cl)cc3s2)CCCN1CC(=O)N1CCCC1c1cccnc1. The molecule has 2 aromatic heterocycles. The van der Waals surface area contributed by atoms with Crippen LogP contribution in [0.1, 0.15) is 37.3 Å². The van der Waals surface area contributed by atoms with Gasteiger partial charge in [-0.1, -0.05) is 23.7 Å². The second-order valence-electron chi connectivity index (χ2n) is 8.85. The molecule has 1 aromatic carbocycles. The molecule has 0 aliphatic carbocycles. The van der Waals surface area contributed by atoms with Gasteiger partial charge in [0.25, 0.3) is 10.0 Å². The summed E-state index contributed by atoms with van der Waals surface area (Å²) in [6.07, 6.45) is 6.22. The lowest BCUT2D eigenvalue weighted by molar-refractivity contribution is -0.143. The fraction of sp³-hybridized carbons (Fsp3) is 0.375. The van der Waals surface area contributed by atoms with E-state index in [0.29, 0.717) is 31.0 Å². The largest absolute Gasteiger partial charge is 0.334 e. The molecule has 0 bridgehead atoms. The van der Waals surface area contributed by atoms with E-state index >= 15 is 0 Å². The van der Waals surface area contributed by atoms with E-state index in [1.165, 1.54) is 4.90 Å². The van der Waals surface area contributed by atoms with Gasteiger partial charge in [0, 0.05) is 35.2 Å². The van der Waals surface area contributed by atoms with Crippen molar-refractivity contribution in [3.63, 3.8) is 0 Å². The number of aromatic nitrogens is 1. The van der Waals surface area contributed by atoms with Crippen molar-refractivity contribution >= 4 is 54.9 Å². The Morgan fingerprint density at radius 3 is 2.80 bits per heavy atom.